The van der Waals surface area contributed by atoms with E-state index in [0.717, 1.165) is 50.5 Å². The summed E-state index contributed by atoms with van der Waals surface area (Å²) in [5.41, 5.74) is 9.19. The van der Waals surface area contributed by atoms with Gasteiger partial charge < -0.3 is 9.32 Å². The fourth-order valence-corrected chi connectivity index (χ4v) is 8.56. The number of aromatic nitrogens is 2. The Morgan fingerprint density at radius 3 is 1.82 bits per heavy atom. The van der Waals surface area contributed by atoms with Gasteiger partial charge in [-0.2, -0.15) is 0 Å². The SMILES string of the molecule is [2H]c1c([2H])c([2H])c2c(sc3c([2H])c(-c4nc(-c5ccccc5)c5oc6ccccc6c5n4)c([2H])c(-c4ccc(N(c5ccccc5)c5ccc(-c6ccccc6)cc5)cc4)c32)c1[2H]. The number of hydrogen-bond acceptors (Lipinski definition) is 5. The van der Waals surface area contributed by atoms with Crippen LogP contribution in [-0.2, 0) is 0 Å². The lowest BCUT2D eigenvalue weighted by Crippen LogP contribution is -2.09. The normalized spacial score (nSPS) is 13.0. The molecule has 0 aliphatic carbocycles. The molecule has 0 amide bonds. The topological polar surface area (TPSA) is 42.2 Å². The highest BCUT2D eigenvalue weighted by molar-refractivity contribution is 7.26. The zero-order chi connectivity index (χ0) is 42.9. The van der Waals surface area contributed by atoms with Crippen molar-refractivity contribution in [2.24, 2.45) is 0 Å². The Labute approximate surface area is 342 Å². The molecule has 57 heavy (non-hydrogen) atoms. The predicted molar refractivity (Wildman–Crippen MR) is 239 cm³/mol. The summed E-state index contributed by atoms with van der Waals surface area (Å²) in [7, 11) is 0. The van der Waals surface area contributed by atoms with Crippen molar-refractivity contribution in [1.82, 2.24) is 9.97 Å². The van der Waals surface area contributed by atoms with Crippen molar-refractivity contribution >= 4 is 70.6 Å². The number of rotatable bonds is 7. The largest absolute Gasteiger partial charge is 0.452 e. The number of anilines is 3. The fourth-order valence-electron chi connectivity index (χ4n) is 7.54. The second-order valence-electron chi connectivity index (χ2n) is 13.7. The summed E-state index contributed by atoms with van der Waals surface area (Å²) < 4.78 is 62.1. The first-order valence-electron chi connectivity index (χ1n) is 21.6. The summed E-state index contributed by atoms with van der Waals surface area (Å²) in [6, 6.07) is 52.6. The first-order chi connectivity index (χ1) is 30.8. The van der Waals surface area contributed by atoms with Crippen molar-refractivity contribution in [1.29, 1.82) is 0 Å². The van der Waals surface area contributed by atoms with Crippen LogP contribution in [0.1, 0.15) is 8.22 Å². The lowest BCUT2D eigenvalue weighted by atomic mass is 9.96. The van der Waals surface area contributed by atoms with E-state index < -0.39 is 0 Å². The number of nitrogens with zero attached hydrogens (tertiary/aromatic N) is 3. The van der Waals surface area contributed by atoms with E-state index in [2.05, 4.69) is 53.4 Å². The van der Waals surface area contributed by atoms with Crippen molar-refractivity contribution < 1.29 is 12.6 Å². The lowest BCUT2D eigenvalue weighted by Gasteiger charge is -2.26. The van der Waals surface area contributed by atoms with Crippen LogP contribution in [0.25, 0.3) is 87.1 Å². The van der Waals surface area contributed by atoms with Gasteiger partial charge in [0.2, 0.25) is 0 Å². The van der Waals surface area contributed by atoms with E-state index >= 15 is 0 Å². The average Bonchev–Trinajstić information content (AvgIpc) is 3.92. The molecule has 0 aliphatic heterocycles. The molecule has 0 atom stereocenters. The van der Waals surface area contributed by atoms with Crippen LogP contribution in [0.3, 0.4) is 0 Å². The number of thiophene rings is 1. The molecular formula is C52H33N3OS. The van der Waals surface area contributed by atoms with Crippen molar-refractivity contribution in [3.63, 3.8) is 0 Å². The maximum absolute atomic E-state index is 10.1. The van der Waals surface area contributed by atoms with E-state index in [4.69, 9.17) is 19.9 Å². The van der Waals surface area contributed by atoms with E-state index in [0.29, 0.717) is 48.3 Å². The van der Waals surface area contributed by atoms with E-state index in [-0.39, 0.29) is 53.0 Å². The summed E-state index contributed by atoms with van der Waals surface area (Å²) in [4.78, 5) is 12.3. The molecule has 0 fully saturated rings. The molecule has 0 unspecified atom stereocenters. The van der Waals surface area contributed by atoms with Gasteiger partial charge in [-0.1, -0.05) is 133 Å². The summed E-state index contributed by atoms with van der Waals surface area (Å²) in [5.74, 6) is 0.161. The molecule has 0 saturated carbocycles. The third-order valence-electron chi connectivity index (χ3n) is 10.2. The molecule has 268 valence electrons. The second-order valence-corrected chi connectivity index (χ2v) is 14.7. The van der Waals surface area contributed by atoms with Crippen molar-refractivity contribution in [2.75, 3.05) is 4.90 Å². The molecule has 11 aromatic rings. The molecule has 11 rings (SSSR count). The highest BCUT2D eigenvalue weighted by Crippen LogP contribution is 2.44. The predicted octanol–water partition coefficient (Wildman–Crippen LogP) is 14.9. The Hall–Kier alpha value is -7.34. The molecule has 0 bridgehead atoms. The minimum absolute atomic E-state index is 0.0325. The number of para-hydroxylation sites is 2. The number of hydrogen-bond donors (Lipinski definition) is 0. The van der Waals surface area contributed by atoms with E-state index in [9.17, 15) is 2.74 Å². The smallest absolute Gasteiger partial charge is 0.180 e. The molecule has 5 heteroatoms. The molecule has 0 spiro atoms. The van der Waals surface area contributed by atoms with Gasteiger partial charge in [0.25, 0.3) is 0 Å². The molecule has 8 aromatic carbocycles. The molecule has 0 aliphatic rings. The highest BCUT2D eigenvalue weighted by atomic mass is 32.1. The van der Waals surface area contributed by atoms with Gasteiger partial charge >= 0.3 is 0 Å². The van der Waals surface area contributed by atoms with Crippen LogP contribution in [0.2, 0.25) is 0 Å². The third-order valence-corrected chi connectivity index (χ3v) is 11.2. The lowest BCUT2D eigenvalue weighted by molar-refractivity contribution is 0.667. The van der Waals surface area contributed by atoms with Crippen LogP contribution in [0.15, 0.2) is 204 Å². The molecule has 0 radical (unpaired) electrons. The van der Waals surface area contributed by atoms with Crippen LogP contribution in [-0.4, -0.2) is 9.97 Å². The molecular weight excluding hydrogens is 715 g/mol. The second kappa shape index (κ2) is 13.7. The first kappa shape index (κ1) is 27.3. The van der Waals surface area contributed by atoms with E-state index in [1.165, 1.54) is 0 Å². The molecule has 3 aromatic heterocycles. The number of fused-ring (bicyclic) bond motifs is 6. The molecule has 0 saturated heterocycles. The van der Waals surface area contributed by atoms with Crippen LogP contribution >= 0.6 is 11.3 Å². The zero-order valence-electron chi connectivity index (χ0n) is 36.2. The Bertz CT molecular complexity index is 3560. The third kappa shape index (κ3) is 5.84. The maximum atomic E-state index is 10.1. The van der Waals surface area contributed by atoms with Crippen molar-refractivity contribution in [3.05, 3.63) is 200 Å². The minimum atomic E-state index is -0.374. The van der Waals surface area contributed by atoms with Gasteiger partial charge in [0.05, 0.1) is 8.22 Å². The fraction of sp³-hybridized carbons (Fsp3) is 0. The highest BCUT2D eigenvalue weighted by Gasteiger charge is 2.21. The van der Waals surface area contributed by atoms with Crippen molar-refractivity contribution in [3.8, 4) is 44.9 Å². The van der Waals surface area contributed by atoms with Gasteiger partial charge in [-0.05, 0) is 88.9 Å². The van der Waals surface area contributed by atoms with E-state index in [1.54, 1.807) is 0 Å². The van der Waals surface area contributed by atoms with Gasteiger partial charge in [-0.25, -0.2) is 9.97 Å². The summed E-state index contributed by atoms with van der Waals surface area (Å²) in [6.07, 6.45) is 0. The van der Waals surface area contributed by atoms with Crippen LogP contribution < -0.4 is 4.90 Å². The Kier molecular flexibility index (Phi) is 6.58. The summed E-state index contributed by atoms with van der Waals surface area (Å²) >= 11 is 1.12. The Morgan fingerprint density at radius 2 is 1.09 bits per heavy atom. The maximum Gasteiger partial charge on any atom is 0.180 e. The quantitative estimate of drug-likeness (QED) is 0.163. The van der Waals surface area contributed by atoms with Crippen LogP contribution in [0.4, 0.5) is 17.1 Å². The minimum Gasteiger partial charge on any atom is -0.452 e. The molecule has 0 N–H and O–H groups in total. The molecule has 4 nitrogen and oxygen atoms in total. The standard InChI is InChI=1S/C52H33N3OS/c1-4-14-34(15-5-1)35-24-28-40(29-25-35)55(39-18-8-3-9-19-39)41-30-26-36(27-31-41)44-32-38(33-47-48(44)43-21-11-13-23-46(43)57-47)52-53-49(37-16-6-2-7-17-37)51-50(54-52)42-20-10-12-22-45(42)56-51/h1-33H/i11D,13D,21D,23D,32D,33D. The van der Waals surface area contributed by atoms with Crippen LogP contribution in [0.5, 0.6) is 0 Å². The number of benzene rings is 8. The van der Waals surface area contributed by atoms with E-state index in [1.807, 2.05) is 115 Å². The van der Waals surface area contributed by atoms with Crippen molar-refractivity contribution in [2.45, 2.75) is 0 Å². The summed E-state index contributed by atoms with van der Waals surface area (Å²) in [5, 5.41) is 1.47. The van der Waals surface area contributed by atoms with Gasteiger partial charge in [0.1, 0.15) is 16.8 Å². The zero-order valence-corrected chi connectivity index (χ0v) is 31.1. The van der Waals surface area contributed by atoms with Gasteiger partial charge in [-0.3, -0.25) is 0 Å². The summed E-state index contributed by atoms with van der Waals surface area (Å²) in [6.45, 7) is 0. The monoisotopic (exact) mass is 753 g/mol. The van der Waals surface area contributed by atoms with Gasteiger partial charge in [0, 0.05) is 53.7 Å². The molecule has 3 heterocycles. The Balaban J connectivity index is 1.15. The average molecular weight is 754 g/mol. The van der Waals surface area contributed by atoms with Gasteiger partial charge in [-0.15, -0.1) is 11.3 Å². The van der Waals surface area contributed by atoms with Gasteiger partial charge in [0.15, 0.2) is 11.4 Å². The Morgan fingerprint density at radius 1 is 0.491 bits per heavy atom. The van der Waals surface area contributed by atoms with Crippen LogP contribution in [0, 0.1) is 0 Å². The first-order valence-corrected chi connectivity index (χ1v) is 19.4. The number of furan rings is 1.